The molecule has 2 aliphatic rings. The number of carbonyl (C=O) groups excluding carboxylic acids is 1. The number of amides is 1. The van der Waals surface area contributed by atoms with Crippen LogP contribution in [0.1, 0.15) is 35.3 Å². The number of hydrogen-bond acceptors (Lipinski definition) is 4. The van der Waals surface area contributed by atoms with Crippen molar-refractivity contribution in [2.75, 3.05) is 5.73 Å². The fourth-order valence-electron chi connectivity index (χ4n) is 3.89. The summed E-state index contributed by atoms with van der Waals surface area (Å²) in [7, 11) is 0. The number of aromatic nitrogens is 2. The van der Waals surface area contributed by atoms with E-state index >= 15 is 0 Å². The summed E-state index contributed by atoms with van der Waals surface area (Å²) in [6.45, 7) is 0.475. The monoisotopic (exact) mass is 348 g/mol. The lowest BCUT2D eigenvalue weighted by molar-refractivity contribution is 0.0606. The van der Waals surface area contributed by atoms with Gasteiger partial charge in [0.1, 0.15) is 0 Å². The van der Waals surface area contributed by atoms with Gasteiger partial charge in [-0.3, -0.25) is 4.79 Å². The number of anilines is 1. The Morgan fingerprint density at radius 3 is 2.69 bits per heavy atom. The zero-order chi connectivity index (χ0) is 17.8. The van der Waals surface area contributed by atoms with E-state index in [9.17, 15) is 9.18 Å². The number of hydrogen-bond donors (Lipinski definition) is 1. The van der Waals surface area contributed by atoms with Crippen LogP contribution in [0.25, 0.3) is 22.0 Å². The number of nitrogens with zero attached hydrogens (tertiary/aromatic N) is 3. The van der Waals surface area contributed by atoms with Gasteiger partial charge >= 0.3 is 0 Å². The van der Waals surface area contributed by atoms with E-state index in [1.807, 2.05) is 17.0 Å². The number of halogens is 1. The molecule has 0 saturated heterocycles. The first kappa shape index (κ1) is 15.3. The Balaban J connectivity index is 1.72. The van der Waals surface area contributed by atoms with Crippen molar-refractivity contribution in [3.8, 4) is 11.1 Å². The predicted molar refractivity (Wildman–Crippen MR) is 96.9 cm³/mol. The zero-order valence-electron chi connectivity index (χ0n) is 14.1. The molecular formula is C20H17FN4O. The number of pyridine rings is 2. The Morgan fingerprint density at radius 1 is 1.15 bits per heavy atom. The van der Waals surface area contributed by atoms with E-state index in [1.165, 1.54) is 6.20 Å². The van der Waals surface area contributed by atoms with Gasteiger partial charge in [-0.15, -0.1) is 0 Å². The Bertz CT molecular complexity index is 1060. The van der Waals surface area contributed by atoms with Crippen molar-refractivity contribution in [2.45, 2.75) is 31.8 Å². The van der Waals surface area contributed by atoms with Crippen LogP contribution in [-0.2, 0) is 6.54 Å². The Labute approximate surface area is 149 Å². The number of nitrogens with two attached hydrogens (primary N) is 1. The standard InChI is InChI=1S/C20H17FN4O/c21-19-13(8-3-9-23-19)12-6-2-7-14-17(22)16-15(24-18(12)14)10-25(20(16)26)11-4-1-5-11/h2-3,6-9,11H,1,4-5,10H2,(H2,22,24). The van der Waals surface area contributed by atoms with E-state index < -0.39 is 5.95 Å². The largest absolute Gasteiger partial charge is 0.397 e. The lowest BCUT2D eigenvalue weighted by Gasteiger charge is -2.34. The average molecular weight is 348 g/mol. The van der Waals surface area contributed by atoms with E-state index in [0.29, 0.717) is 45.5 Å². The molecule has 6 heteroatoms. The topological polar surface area (TPSA) is 72.1 Å². The van der Waals surface area contributed by atoms with E-state index in [-0.39, 0.29) is 11.9 Å². The second kappa shape index (κ2) is 5.49. The van der Waals surface area contributed by atoms with Gasteiger partial charge in [-0.05, 0) is 31.4 Å². The lowest BCUT2D eigenvalue weighted by Crippen LogP contribution is -2.40. The van der Waals surface area contributed by atoms with Crippen LogP contribution < -0.4 is 5.73 Å². The molecule has 5 rings (SSSR count). The second-order valence-corrected chi connectivity index (χ2v) is 6.91. The fourth-order valence-corrected chi connectivity index (χ4v) is 3.89. The molecule has 26 heavy (non-hydrogen) atoms. The number of fused-ring (bicyclic) bond motifs is 2. The number of rotatable bonds is 2. The summed E-state index contributed by atoms with van der Waals surface area (Å²) < 4.78 is 14.2. The molecule has 130 valence electrons. The molecule has 0 spiro atoms. The molecule has 3 heterocycles. The average Bonchev–Trinajstić information content (AvgIpc) is 2.91. The first-order valence-corrected chi connectivity index (χ1v) is 8.78. The summed E-state index contributed by atoms with van der Waals surface area (Å²) in [5, 5.41) is 0.674. The molecule has 0 radical (unpaired) electrons. The van der Waals surface area contributed by atoms with Crippen molar-refractivity contribution >= 4 is 22.5 Å². The molecule has 1 amide bonds. The Hall–Kier alpha value is -3.02. The SMILES string of the molecule is Nc1c2c(nc3c(-c4cccnc4F)cccc13)CN(C1CCC1)C2=O. The van der Waals surface area contributed by atoms with Crippen LogP contribution in [-0.4, -0.2) is 26.8 Å². The number of benzene rings is 1. The molecule has 0 unspecified atom stereocenters. The summed E-state index contributed by atoms with van der Waals surface area (Å²) in [5.74, 6) is -0.581. The Kier molecular flexibility index (Phi) is 3.22. The van der Waals surface area contributed by atoms with Gasteiger partial charge in [-0.25, -0.2) is 9.97 Å². The molecule has 1 aromatic carbocycles. The van der Waals surface area contributed by atoms with Crippen molar-refractivity contribution in [3.63, 3.8) is 0 Å². The van der Waals surface area contributed by atoms with E-state index in [2.05, 4.69) is 4.98 Å². The summed E-state index contributed by atoms with van der Waals surface area (Å²) >= 11 is 0. The normalized spacial score (nSPS) is 16.8. The van der Waals surface area contributed by atoms with Gasteiger partial charge in [0.2, 0.25) is 5.95 Å². The minimum atomic E-state index is -0.548. The van der Waals surface area contributed by atoms with Crippen LogP contribution in [0.15, 0.2) is 36.5 Å². The minimum absolute atomic E-state index is 0.0328. The highest BCUT2D eigenvalue weighted by molar-refractivity contribution is 6.11. The third kappa shape index (κ3) is 2.05. The smallest absolute Gasteiger partial charge is 0.258 e. The van der Waals surface area contributed by atoms with Gasteiger partial charge in [0, 0.05) is 28.8 Å². The van der Waals surface area contributed by atoms with Crippen molar-refractivity contribution in [2.24, 2.45) is 0 Å². The Morgan fingerprint density at radius 2 is 1.96 bits per heavy atom. The van der Waals surface area contributed by atoms with Gasteiger partial charge in [-0.1, -0.05) is 18.2 Å². The third-order valence-corrected chi connectivity index (χ3v) is 5.49. The van der Waals surface area contributed by atoms with Gasteiger partial charge in [0.25, 0.3) is 5.91 Å². The molecule has 1 fully saturated rings. The maximum absolute atomic E-state index is 14.2. The molecule has 0 atom stereocenters. The first-order valence-electron chi connectivity index (χ1n) is 8.78. The first-order chi connectivity index (χ1) is 12.6. The van der Waals surface area contributed by atoms with Gasteiger partial charge in [0.15, 0.2) is 0 Å². The lowest BCUT2D eigenvalue weighted by atomic mass is 9.92. The van der Waals surface area contributed by atoms with E-state index in [1.54, 1.807) is 18.2 Å². The molecule has 2 aromatic heterocycles. The summed E-state index contributed by atoms with van der Waals surface area (Å²) in [5.41, 5.74) is 9.62. The molecule has 1 aliphatic heterocycles. The van der Waals surface area contributed by atoms with Crippen LogP contribution in [0.3, 0.4) is 0 Å². The third-order valence-electron chi connectivity index (χ3n) is 5.49. The van der Waals surface area contributed by atoms with Gasteiger partial charge in [0.05, 0.1) is 29.0 Å². The fraction of sp³-hybridized carbons (Fsp3) is 0.250. The van der Waals surface area contributed by atoms with Crippen molar-refractivity contribution in [1.29, 1.82) is 0 Å². The van der Waals surface area contributed by atoms with Crippen LogP contribution in [0.4, 0.5) is 10.1 Å². The highest BCUT2D eigenvalue weighted by Gasteiger charge is 2.38. The quantitative estimate of drug-likeness (QED) is 0.719. The number of nitrogen functional groups attached to an aromatic ring is 1. The predicted octanol–water partition coefficient (Wildman–Crippen LogP) is 3.53. The van der Waals surface area contributed by atoms with Gasteiger partial charge < -0.3 is 10.6 Å². The van der Waals surface area contributed by atoms with Crippen molar-refractivity contribution < 1.29 is 9.18 Å². The molecule has 0 bridgehead atoms. The minimum Gasteiger partial charge on any atom is -0.397 e. The van der Waals surface area contributed by atoms with Crippen molar-refractivity contribution in [3.05, 3.63) is 53.7 Å². The van der Waals surface area contributed by atoms with Gasteiger partial charge in [-0.2, -0.15) is 4.39 Å². The molecule has 1 aliphatic carbocycles. The van der Waals surface area contributed by atoms with Crippen LogP contribution in [0, 0.1) is 5.95 Å². The van der Waals surface area contributed by atoms with Crippen LogP contribution in [0.2, 0.25) is 0 Å². The number of para-hydroxylation sites is 1. The van der Waals surface area contributed by atoms with Crippen LogP contribution >= 0.6 is 0 Å². The molecule has 5 nitrogen and oxygen atoms in total. The number of carbonyl (C=O) groups is 1. The molecule has 3 aromatic rings. The van der Waals surface area contributed by atoms with E-state index in [0.717, 1.165) is 19.3 Å². The molecule has 1 saturated carbocycles. The van der Waals surface area contributed by atoms with Crippen LogP contribution in [0.5, 0.6) is 0 Å². The second-order valence-electron chi connectivity index (χ2n) is 6.91. The summed E-state index contributed by atoms with van der Waals surface area (Å²) in [6.07, 6.45) is 4.63. The highest BCUT2D eigenvalue weighted by Crippen LogP contribution is 2.39. The van der Waals surface area contributed by atoms with Crippen molar-refractivity contribution in [1.82, 2.24) is 14.9 Å². The maximum Gasteiger partial charge on any atom is 0.258 e. The maximum atomic E-state index is 14.2. The van der Waals surface area contributed by atoms with E-state index in [4.69, 9.17) is 10.7 Å². The zero-order valence-corrected chi connectivity index (χ0v) is 14.1. The summed E-state index contributed by atoms with van der Waals surface area (Å²) in [6, 6.07) is 9.09. The molecule has 2 N–H and O–H groups in total. The molecular weight excluding hydrogens is 331 g/mol. The summed E-state index contributed by atoms with van der Waals surface area (Å²) in [4.78, 5) is 23.2. The highest BCUT2D eigenvalue weighted by atomic mass is 19.1.